The van der Waals surface area contributed by atoms with Crippen LogP contribution in [-0.2, 0) is 16.4 Å². The van der Waals surface area contributed by atoms with Crippen LogP contribution in [0.25, 0.3) is 5.57 Å². The summed E-state index contributed by atoms with van der Waals surface area (Å²) in [5.41, 5.74) is 4.11. The first-order chi connectivity index (χ1) is 15.7. The van der Waals surface area contributed by atoms with Gasteiger partial charge in [0.05, 0.1) is 5.41 Å². The number of likely N-dealkylation sites (tertiary alicyclic amines) is 1. The summed E-state index contributed by atoms with van der Waals surface area (Å²) in [5.74, 6) is 0.948. The van der Waals surface area contributed by atoms with Gasteiger partial charge in [-0.1, -0.05) is 68.4 Å². The summed E-state index contributed by atoms with van der Waals surface area (Å²) in [4.78, 5) is 14.3. The predicted molar refractivity (Wildman–Crippen MR) is 135 cm³/mol. The van der Waals surface area contributed by atoms with Crippen molar-refractivity contribution in [2.24, 2.45) is 5.92 Å². The second kappa shape index (κ2) is 11.5. The molecule has 0 radical (unpaired) electrons. The molecule has 0 spiro atoms. The molecule has 33 heavy (non-hydrogen) atoms. The Morgan fingerprint density at radius 1 is 1.12 bits per heavy atom. The summed E-state index contributed by atoms with van der Waals surface area (Å²) in [6.45, 7) is 7.33. The van der Waals surface area contributed by atoms with Gasteiger partial charge >= 0.3 is 6.03 Å². The Morgan fingerprint density at radius 2 is 1.82 bits per heavy atom. The lowest BCUT2D eigenvalue weighted by molar-refractivity contribution is 0.166. The van der Waals surface area contributed by atoms with Gasteiger partial charge in [-0.15, -0.1) is 0 Å². The van der Waals surface area contributed by atoms with Gasteiger partial charge in [0.2, 0.25) is 0 Å². The standard InChI is InChI=1S/C27H36N2O3S/c1-21(2)25-16-14-23(15-17-25)9-7-10-24-11-8-18-29(19-24)27(30)28-33(31,32)20-22(3)26-12-5-4-6-13-26/h4-6,12-17,20-21,24H,7-11,18-19H2,1-3H3,(H,28,30)/b22-20+. The van der Waals surface area contributed by atoms with Gasteiger partial charge in [-0.25, -0.2) is 17.9 Å². The summed E-state index contributed by atoms with van der Waals surface area (Å²) in [5, 5.41) is 1.13. The highest BCUT2D eigenvalue weighted by molar-refractivity contribution is 7.93. The van der Waals surface area contributed by atoms with Crippen molar-refractivity contribution >= 4 is 21.6 Å². The number of urea groups is 1. The number of aryl methyl sites for hydroxylation is 1. The number of hydrogen-bond donors (Lipinski definition) is 1. The number of amides is 2. The Balaban J connectivity index is 1.49. The molecule has 0 bridgehead atoms. The van der Waals surface area contributed by atoms with Gasteiger partial charge in [-0.2, -0.15) is 0 Å². The minimum atomic E-state index is -3.86. The van der Waals surface area contributed by atoms with Gasteiger partial charge in [0.25, 0.3) is 10.0 Å². The summed E-state index contributed by atoms with van der Waals surface area (Å²) in [7, 11) is -3.86. The first-order valence-corrected chi connectivity index (χ1v) is 13.4. The van der Waals surface area contributed by atoms with Crippen LogP contribution >= 0.6 is 0 Å². The fourth-order valence-electron chi connectivity index (χ4n) is 4.37. The number of carbonyl (C=O) groups excluding carboxylic acids is 1. The fourth-order valence-corrected chi connectivity index (χ4v) is 5.40. The quantitative estimate of drug-likeness (QED) is 0.521. The molecular weight excluding hydrogens is 432 g/mol. The van der Waals surface area contributed by atoms with Crippen LogP contribution in [0.15, 0.2) is 60.0 Å². The van der Waals surface area contributed by atoms with Gasteiger partial charge in [-0.3, -0.25) is 0 Å². The van der Waals surface area contributed by atoms with E-state index in [0.717, 1.165) is 43.1 Å². The highest BCUT2D eigenvalue weighted by atomic mass is 32.2. The normalized spacial score (nSPS) is 17.3. The third-order valence-corrected chi connectivity index (χ3v) is 7.44. The molecule has 3 rings (SSSR count). The highest BCUT2D eigenvalue weighted by Gasteiger charge is 2.25. The van der Waals surface area contributed by atoms with E-state index in [0.29, 0.717) is 30.5 Å². The molecule has 1 aliphatic rings. The zero-order valence-electron chi connectivity index (χ0n) is 20.0. The number of carbonyl (C=O) groups is 1. The second-order valence-electron chi connectivity index (χ2n) is 9.36. The van der Waals surface area contributed by atoms with E-state index in [4.69, 9.17) is 0 Å². The van der Waals surface area contributed by atoms with Crippen molar-refractivity contribution < 1.29 is 13.2 Å². The SMILES string of the molecule is C/C(=C\S(=O)(=O)NC(=O)N1CCCC(CCCc2ccc(C(C)C)cc2)C1)c1ccccc1. The molecule has 0 aliphatic carbocycles. The lowest BCUT2D eigenvalue weighted by atomic mass is 9.91. The first-order valence-electron chi connectivity index (χ1n) is 11.9. The van der Waals surface area contributed by atoms with Crippen LogP contribution in [0.2, 0.25) is 0 Å². The van der Waals surface area contributed by atoms with Gasteiger partial charge in [0.1, 0.15) is 0 Å². The van der Waals surface area contributed by atoms with Crippen molar-refractivity contribution in [2.75, 3.05) is 13.1 Å². The Morgan fingerprint density at radius 3 is 2.48 bits per heavy atom. The monoisotopic (exact) mass is 468 g/mol. The molecule has 1 aliphatic heterocycles. The summed E-state index contributed by atoms with van der Waals surface area (Å²) in [6.07, 6.45) is 5.11. The minimum Gasteiger partial charge on any atom is -0.324 e. The Bertz CT molecular complexity index is 1040. The molecule has 2 amide bonds. The smallest absolute Gasteiger partial charge is 0.324 e. The second-order valence-corrected chi connectivity index (χ2v) is 10.9. The van der Waals surface area contributed by atoms with Crippen molar-refractivity contribution in [3.63, 3.8) is 0 Å². The first kappa shape index (κ1) is 25.0. The van der Waals surface area contributed by atoms with Crippen LogP contribution < -0.4 is 4.72 Å². The van der Waals surface area contributed by atoms with E-state index in [1.165, 1.54) is 11.1 Å². The number of benzene rings is 2. The Kier molecular flexibility index (Phi) is 8.73. The zero-order chi connectivity index (χ0) is 23.8. The van der Waals surface area contributed by atoms with Crippen molar-refractivity contribution in [1.82, 2.24) is 9.62 Å². The number of nitrogens with one attached hydrogen (secondary N) is 1. The molecule has 1 unspecified atom stereocenters. The minimum absolute atomic E-state index is 0.406. The van der Waals surface area contributed by atoms with Gasteiger partial charge in [-0.05, 0) is 73.1 Å². The van der Waals surface area contributed by atoms with Crippen molar-refractivity contribution in [1.29, 1.82) is 0 Å². The van der Waals surface area contributed by atoms with Crippen LogP contribution in [0, 0.1) is 5.92 Å². The molecular formula is C27H36N2O3S. The number of piperidine rings is 1. The van der Waals surface area contributed by atoms with Gasteiger partial charge < -0.3 is 4.90 Å². The molecule has 1 fully saturated rings. The average molecular weight is 469 g/mol. The van der Waals surface area contributed by atoms with Crippen LogP contribution in [0.1, 0.15) is 69.1 Å². The molecule has 1 N–H and O–H groups in total. The third kappa shape index (κ3) is 7.74. The Hall–Kier alpha value is -2.60. The van der Waals surface area contributed by atoms with Gasteiger partial charge in [0, 0.05) is 13.1 Å². The molecule has 178 valence electrons. The number of nitrogens with zero attached hydrogens (tertiary/aromatic N) is 1. The summed E-state index contributed by atoms with van der Waals surface area (Å²) < 4.78 is 27.2. The molecule has 1 atom stereocenters. The van der Waals surface area contributed by atoms with Crippen LogP contribution in [0.3, 0.4) is 0 Å². The molecule has 0 saturated carbocycles. The molecule has 6 heteroatoms. The third-order valence-electron chi connectivity index (χ3n) is 6.32. The molecule has 0 aromatic heterocycles. The van der Waals surface area contributed by atoms with Crippen molar-refractivity contribution in [2.45, 2.75) is 58.8 Å². The maximum absolute atomic E-state index is 12.7. The number of sulfonamides is 1. The maximum Gasteiger partial charge on any atom is 0.331 e. The topological polar surface area (TPSA) is 66.5 Å². The van der Waals surface area contributed by atoms with Crippen LogP contribution in [-0.4, -0.2) is 32.4 Å². The van der Waals surface area contributed by atoms with E-state index < -0.39 is 16.1 Å². The van der Waals surface area contributed by atoms with Crippen LogP contribution in [0.5, 0.6) is 0 Å². The van der Waals surface area contributed by atoms with E-state index in [-0.39, 0.29) is 0 Å². The number of hydrogen-bond acceptors (Lipinski definition) is 3. The zero-order valence-corrected chi connectivity index (χ0v) is 20.8. The largest absolute Gasteiger partial charge is 0.331 e. The number of allylic oxidation sites excluding steroid dienone is 1. The fraction of sp³-hybridized carbons (Fsp3) is 0.444. The number of rotatable bonds is 8. The molecule has 1 saturated heterocycles. The van der Waals surface area contributed by atoms with Crippen LogP contribution in [0.4, 0.5) is 4.79 Å². The lowest BCUT2D eigenvalue weighted by Gasteiger charge is -2.32. The van der Waals surface area contributed by atoms with Crippen molar-refractivity contribution in [3.8, 4) is 0 Å². The molecule has 1 heterocycles. The molecule has 2 aromatic carbocycles. The molecule has 5 nitrogen and oxygen atoms in total. The maximum atomic E-state index is 12.7. The predicted octanol–water partition coefficient (Wildman–Crippen LogP) is 5.95. The van der Waals surface area contributed by atoms with Gasteiger partial charge in [0.15, 0.2) is 0 Å². The Labute approximate surface area is 198 Å². The van der Waals surface area contributed by atoms with E-state index in [1.54, 1.807) is 11.8 Å². The molecule has 2 aromatic rings. The lowest BCUT2D eigenvalue weighted by Crippen LogP contribution is -2.46. The van der Waals surface area contributed by atoms with E-state index in [1.807, 2.05) is 30.3 Å². The van der Waals surface area contributed by atoms with E-state index >= 15 is 0 Å². The summed E-state index contributed by atoms with van der Waals surface area (Å²) in [6, 6.07) is 17.6. The van der Waals surface area contributed by atoms with E-state index in [9.17, 15) is 13.2 Å². The van der Waals surface area contributed by atoms with Crippen molar-refractivity contribution in [3.05, 3.63) is 76.7 Å². The highest BCUT2D eigenvalue weighted by Crippen LogP contribution is 2.23. The summed E-state index contributed by atoms with van der Waals surface area (Å²) >= 11 is 0. The van der Waals surface area contributed by atoms with E-state index in [2.05, 4.69) is 42.8 Å². The average Bonchev–Trinajstić information content (AvgIpc) is 2.79.